The first-order valence-corrected chi connectivity index (χ1v) is 14.3. The smallest absolute Gasteiger partial charge is 0.416 e. The number of amides is 1. The van der Waals surface area contributed by atoms with E-state index in [0.717, 1.165) is 24.4 Å². The van der Waals surface area contributed by atoms with E-state index in [9.17, 15) is 27.9 Å². The molecule has 3 aromatic heterocycles. The number of nitrogens with two attached hydrogens (primary N) is 1. The zero-order valence-electron chi connectivity index (χ0n) is 25.0. The molecule has 5 rings (SSSR count). The number of hydrogen-bond acceptors (Lipinski definition) is 7. The number of hydrogen-bond donors (Lipinski definition) is 3. The lowest BCUT2D eigenvalue weighted by Gasteiger charge is -2.40. The van der Waals surface area contributed by atoms with Gasteiger partial charge < -0.3 is 20.9 Å². The van der Waals surface area contributed by atoms with Crippen molar-refractivity contribution in [1.82, 2.24) is 19.4 Å². The van der Waals surface area contributed by atoms with Crippen LogP contribution < -0.4 is 15.8 Å². The molecule has 0 aliphatic heterocycles. The van der Waals surface area contributed by atoms with Crippen molar-refractivity contribution < 1.29 is 37.0 Å². The Bertz CT molecular complexity index is 1800. The molecule has 10 nitrogen and oxygen atoms in total. The van der Waals surface area contributed by atoms with Gasteiger partial charge in [0.2, 0.25) is 0 Å². The SMILES string of the molecule is CCOc1cc(C(=O)Nc2cc(C(F)(F)F)ccn2)c(F)cc1-c1nc([C@@H]2CC[C@](CC)(C(=O)O)C2(C)C)n2ccnc(N)c12. The molecule has 0 radical (unpaired) electrons. The minimum absolute atomic E-state index is 0.0648. The highest BCUT2D eigenvalue weighted by molar-refractivity contribution is 6.05. The van der Waals surface area contributed by atoms with Crippen molar-refractivity contribution in [2.45, 2.75) is 59.1 Å². The predicted molar refractivity (Wildman–Crippen MR) is 157 cm³/mol. The van der Waals surface area contributed by atoms with E-state index >= 15 is 4.39 Å². The molecule has 0 bridgehead atoms. The lowest BCUT2D eigenvalue weighted by atomic mass is 9.63. The second-order valence-electron chi connectivity index (χ2n) is 11.5. The Balaban J connectivity index is 1.62. The monoisotopic (exact) mass is 628 g/mol. The Labute approximate surface area is 255 Å². The number of nitrogen functional groups attached to an aromatic ring is 1. The predicted octanol–water partition coefficient (Wildman–Crippen LogP) is 6.57. The first-order chi connectivity index (χ1) is 21.2. The highest BCUT2D eigenvalue weighted by Crippen LogP contribution is 2.61. The molecule has 1 amide bonds. The number of carbonyl (C=O) groups excluding carboxylic acids is 1. The highest BCUT2D eigenvalue weighted by atomic mass is 19.4. The molecule has 0 unspecified atom stereocenters. The van der Waals surface area contributed by atoms with E-state index in [1.165, 1.54) is 6.20 Å². The maximum Gasteiger partial charge on any atom is 0.416 e. The number of carboxylic acids is 1. The van der Waals surface area contributed by atoms with E-state index in [-0.39, 0.29) is 35.3 Å². The summed E-state index contributed by atoms with van der Waals surface area (Å²) in [5, 5.41) is 12.4. The largest absolute Gasteiger partial charge is 0.493 e. The fourth-order valence-electron chi connectivity index (χ4n) is 6.59. The summed E-state index contributed by atoms with van der Waals surface area (Å²) >= 11 is 0. The molecule has 1 saturated carbocycles. The zero-order chi connectivity index (χ0) is 32.9. The van der Waals surface area contributed by atoms with Crippen LogP contribution in [0.4, 0.5) is 29.2 Å². The molecule has 1 aliphatic carbocycles. The third-order valence-electron chi connectivity index (χ3n) is 9.10. The first-order valence-electron chi connectivity index (χ1n) is 14.3. The number of rotatable bonds is 8. The Hall–Kier alpha value is -4.75. The van der Waals surface area contributed by atoms with Crippen LogP contribution in [0.5, 0.6) is 5.75 Å². The fourth-order valence-corrected chi connectivity index (χ4v) is 6.59. The number of halogens is 4. The van der Waals surface area contributed by atoms with Crippen molar-refractivity contribution in [3.05, 3.63) is 65.6 Å². The van der Waals surface area contributed by atoms with Gasteiger partial charge >= 0.3 is 12.1 Å². The van der Waals surface area contributed by atoms with E-state index in [0.29, 0.717) is 36.7 Å². The molecule has 1 fully saturated rings. The van der Waals surface area contributed by atoms with Crippen molar-refractivity contribution in [3.63, 3.8) is 0 Å². The van der Waals surface area contributed by atoms with E-state index in [1.807, 2.05) is 20.8 Å². The van der Waals surface area contributed by atoms with Gasteiger partial charge in [0.1, 0.15) is 40.2 Å². The van der Waals surface area contributed by atoms with Crippen molar-refractivity contribution >= 4 is 29.0 Å². The van der Waals surface area contributed by atoms with Gasteiger partial charge in [-0.25, -0.2) is 19.3 Å². The second-order valence-corrected chi connectivity index (χ2v) is 11.5. The van der Waals surface area contributed by atoms with Crippen LogP contribution in [0.2, 0.25) is 0 Å². The van der Waals surface area contributed by atoms with Crippen molar-refractivity contribution in [1.29, 1.82) is 0 Å². The minimum atomic E-state index is -4.67. The van der Waals surface area contributed by atoms with E-state index in [4.69, 9.17) is 15.5 Å². The quantitative estimate of drug-likeness (QED) is 0.186. The van der Waals surface area contributed by atoms with Gasteiger partial charge in [-0.1, -0.05) is 20.8 Å². The van der Waals surface area contributed by atoms with Crippen LogP contribution in [0.25, 0.3) is 16.8 Å². The molecule has 1 aromatic carbocycles. The summed E-state index contributed by atoms with van der Waals surface area (Å²) in [6.07, 6.45) is 0.748. The first kappa shape index (κ1) is 31.7. The molecule has 0 spiro atoms. The lowest BCUT2D eigenvalue weighted by Crippen LogP contribution is -2.42. The summed E-state index contributed by atoms with van der Waals surface area (Å²) < 4.78 is 62.6. The molecule has 4 aromatic rings. The van der Waals surface area contributed by atoms with Gasteiger partial charge in [-0.15, -0.1) is 0 Å². The van der Waals surface area contributed by atoms with Gasteiger partial charge in [-0.3, -0.25) is 14.0 Å². The number of pyridine rings is 1. The van der Waals surface area contributed by atoms with Crippen LogP contribution >= 0.6 is 0 Å². The number of aromatic nitrogens is 4. The van der Waals surface area contributed by atoms with E-state index in [2.05, 4.69) is 15.3 Å². The summed E-state index contributed by atoms with van der Waals surface area (Å²) in [7, 11) is 0. The topological polar surface area (TPSA) is 145 Å². The number of imidazole rings is 1. The van der Waals surface area contributed by atoms with Crippen molar-refractivity contribution in [3.8, 4) is 17.0 Å². The van der Waals surface area contributed by atoms with Crippen LogP contribution in [0, 0.1) is 16.6 Å². The Morgan fingerprint density at radius 3 is 2.53 bits per heavy atom. The summed E-state index contributed by atoms with van der Waals surface area (Å²) in [6, 6.07) is 3.58. The van der Waals surface area contributed by atoms with Gasteiger partial charge in [0, 0.05) is 30.1 Å². The van der Waals surface area contributed by atoms with Crippen LogP contribution in [0.3, 0.4) is 0 Å². The number of aliphatic carboxylic acids is 1. The van der Waals surface area contributed by atoms with E-state index in [1.54, 1.807) is 17.5 Å². The highest BCUT2D eigenvalue weighted by Gasteiger charge is 2.59. The van der Waals surface area contributed by atoms with E-state index < -0.39 is 51.6 Å². The van der Waals surface area contributed by atoms with Gasteiger partial charge in [-0.2, -0.15) is 13.2 Å². The number of nitrogens with zero attached hydrogens (tertiary/aromatic N) is 4. The normalized spacial score (nSPS) is 19.5. The number of nitrogens with one attached hydrogen (secondary N) is 1. The molecule has 45 heavy (non-hydrogen) atoms. The number of carboxylic acid groups (broad SMARTS) is 1. The third-order valence-corrected chi connectivity index (χ3v) is 9.10. The number of ether oxygens (including phenoxy) is 1. The Morgan fingerprint density at radius 2 is 1.91 bits per heavy atom. The average molecular weight is 629 g/mol. The fraction of sp³-hybridized carbons (Fsp3) is 0.387. The standard InChI is InChI=1S/C31H32F4N6O4/c1-5-30(28(43)44)9-7-19(29(30,3)4)26-40-23(24-25(36)38-11-12-41(24)26)18-14-20(32)17(15-21(18)45-6-2)27(42)39-22-13-16(8-10-37-22)31(33,34)35/h8,10-15,19H,5-7,9H2,1-4H3,(H2,36,38)(H,43,44)(H,37,39,42)/t19-,30+/m0/s1. The molecule has 0 saturated heterocycles. The summed E-state index contributed by atoms with van der Waals surface area (Å²) in [5.74, 6) is -2.98. The van der Waals surface area contributed by atoms with Crippen LogP contribution in [0.15, 0.2) is 42.9 Å². The summed E-state index contributed by atoms with van der Waals surface area (Å²) in [5.41, 5.74) is 3.79. The van der Waals surface area contributed by atoms with Gasteiger partial charge in [-0.05, 0) is 55.9 Å². The van der Waals surface area contributed by atoms with Crippen LogP contribution in [0.1, 0.15) is 74.6 Å². The minimum Gasteiger partial charge on any atom is -0.493 e. The number of benzene rings is 1. The molecular formula is C31H32F4N6O4. The van der Waals surface area contributed by atoms with Crippen LogP contribution in [-0.2, 0) is 11.0 Å². The number of carbonyl (C=O) groups is 2. The zero-order valence-corrected chi connectivity index (χ0v) is 25.0. The van der Waals surface area contributed by atoms with Crippen molar-refractivity contribution in [2.75, 3.05) is 17.7 Å². The number of alkyl halides is 3. The molecule has 238 valence electrons. The Kier molecular flexibility index (Phi) is 7.96. The molecule has 1 aliphatic rings. The molecular weight excluding hydrogens is 596 g/mol. The number of anilines is 2. The summed E-state index contributed by atoms with van der Waals surface area (Å²) in [4.78, 5) is 38.4. The average Bonchev–Trinajstić information content (AvgIpc) is 3.48. The van der Waals surface area contributed by atoms with Crippen molar-refractivity contribution in [2.24, 2.45) is 10.8 Å². The summed E-state index contributed by atoms with van der Waals surface area (Å²) in [6.45, 7) is 7.47. The van der Waals surface area contributed by atoms with Gasteiger partial charge in [0.15, 0.2) is 0 Å². The second kappa shape index (κ2) is 11.3. The lowest BCUT2D eigenvalue weighted by molar-refractivity contribution is -0.155. The third kappa shape index (κ3) is 5.21. The maximum atomic E-state index is 15.7. The molecule has 14 heteroatoms. The maximum absolute atomic E-state index is 15.7. The van der Waals surface area contributed by atoms with Crippen LogP contribution in [-0.4, -0.2) is 42.9 Å². The van der Waals surface area contributed by atoms with Gasteiger partial charge in [0.25, 0.3) is 5.91 Å². The molecule has 4 N–H and O–H groups in total. The molecule has 3 heterocycles. The Morgan fingerprint density at radius 1 is 1.18 bits per heavy atom. The number of fused-ring (bicyclic) bond motifs is 1. The van der Waals surface area contributed by atoms with Gasteiger partial charge in [0.05, 0.1) is 23.1 Å². The molecule has 2 atom stereocenters.